The van der Waals surface area contributed by atoms with Gasteiger partial charge in [0.1, 0.15) is 17.4 Å². The van der Waals surface area contributed by atoms with Gasteiger partial charge in [-0.1, -0.05) is 60.7 Å². The number of hydrogen-bond donors (Lipinski definition) is 1. The van der Waals surface area contributed by atoms with Crippen molar-refractivity contribution in [1.29, 1.82) is 5.26 Å². The highest BCUT2D eigenvalue weighted by atomic mass is 16.5. The molecule has 31 heavy (non-hydrogen) atoms. The quantitative estimate of drug-likeness (QED) is 0.352. The predicted molar refractivity (Wildman–Crippen MR) is 118 cm³/mol. The Labute approximate surface area is 180 Å². The Morgan fingerprint density at radius 1 is 1.00 bits per heavy atom. The van der Waals surface area contributed by atoms with Crippen molar-refractivity contribution in [1.82, 2.24) is 0 Å². The Hall–Kier alpha value is -4.37. The lowest BCUT2D eigenvalue weighted by Gasteiger charge is -2.11. The minimum Gasteiger partial charge on any atom is -0.497 e. The smallest absolute Gasteiger partial charge is 0.349 e. The first-order valence-corrected chi connectivity index (χ1v) is 9.48. The number of hydrogen-bond acceptors (Lipinski definition) is 5. The van der Waals surface area contributed by atoms with Crippen LogP contribution in [-0.4, -0.2) is 25.6 Å². The van der Waals surface area contributed by atoms with Gasteiger partial charge in [-0.05, 0) is 35.4 Å². The van der Waals surface area contributed by atoms with Gasteiger partial charge in [-0.25, -0.2) is 4.79 Å². The number of carbonyl (C=O) groups is 2. The molecule has 0 aliphatic carbocycles. The van der Waals surface area contributed by atoms with Gasteiger partial charge in [-0.3, -0.25) is 4.79 Å². The fourth-order valence-corrected chi connectivity index (χ4v) is 2.89. The van der Waals surface area contributed by atoms with Crippen molar-refractivity contribution in [2.75, 3.05) is 19.0 Å². The summed E-state index contributed by atoms with van der Waals surface area (Å²) < 4.78 is 10.2. The van der Waals surface area contributed by atoms with Crippen LogP contribution in [0.15, 0.2) is 84.4 Å². The van der Waals surface area contributed by atoms with Gasteiger partial charge in [0.2, 0.25) is 0 Å². The van der Waals surface area contributed by atoms with E-state index in [9.17, 15) is 14.9 Å². The average Bonchev–Trinajstić information content (AvgIpc) is 2.82. The highest BCUT2D eigenvalue weighted by molar-refractivity contribution is 6.01. The van der Waals surface area contributed by atoms with Crippen molar-refractivity contribution in [3.8, 4) is 22.9 Å². The Bertz CT molecular complexity index is 1150. The molecule has 6 heteroatoms. The summed E-state index contributed by atoms with van der Waals surface area (Å²) in [5, 5.41) is 12.0. The Balaban J connectivity index is 1.65. The molecule has 0 aliphatic rings. The number of ether oxygens (including phenoxy) is 2. The molecule has 0 saturated carbocycles. The lowest BCUT2D eigenvalue weighted by atomic mass is 10.0. The van der Waals surface area contributed by atoms with E-state index in [1.54, 1.807) is 42.5 Å². The molecule has 0 heterocycles. The summed E-state index contributed by atoms with van der Waals surface area (Å²) in [6, 6.07) is 25.6. The molecule has 1 N–H and O–H groups in total. The number of anilines is 1. The van der Waals surface area contributed by atoms with E-state index >= 15 is 0 Å². The van der Waals surface area contributed by atoms with Crippen LogP contribution in [0.3, 0.4) is 0 Å². The number of nitriles is 1. The van der Waals surface area contributed by atoms with E-state index in [2.05, 4.69) is 5.32 Å². The normalized spacial score (nSPS) is 10.6. The molecule has 1 amide bonds. The predicted octanol–water partition coefficient (Wildman–Crippen LogP) is 4.45. The van der Waals surface area contributed by atoms with E-state index in [-0.39, 0.29) is 5.57 Å². The zero-order chi connectivity index (χ0) is 22.1. The minimum atomic E-state index is -0.878. The van der Waals surface area contributed by atoms with Crippen molar-refractivity contribution < 1.29 is 19.1 Å². The van der Waals surface area contributed by atoms with Crippen LogP contribution in [0, 0.1) is 11.3 Å². The Morgan fingerprint density at radius 2 is 1.74 bits per heavy atom. The maximum Gasteiger partial charge on any atom is 0.349 e. The first-order chi connectivity index (χ1) is 15.1. The van der Waals surface area contributed by atoms with E-state index in [1.165, 1.54) is 13.2 Å². The molecule has 3 aromatic carbocycles. The monoisotopic (exact) mass is 412 g/mol. The van der Waals surface area contributed by atoms with Crippen molar-refractivity contribution in [3.63, 3.8) is 0 Å². The molecule has 0 aromatic heterocycles. The molecule has 3 aromatic rings. The lowest BCUT2D eigenvalue weighted by Crippen LogP contribution is -2.21. The van der Waals surface area contributed by atoms with Crippen molar-refractivity contribution >= 4 is 23.6 Å². The van der Waals surface area contributed by atoms with Gasteiger partial charge >= 0.3 is 5.97 Å². The van der Waals surface area contributed by atoms with Crippen LogP contribution in [0.4, 0.5) is 5.69 Å². The minimum absolute atomic E-state index is 0.217. The Kier molecular flexibility index (Phi) is 7.17. The molecule has 0 atom stereocenters. The van der Waals surface area contributed by atoms with Gasteiger partial charge in [0.05, 0.1) is 7.11 Å². The standard InChI is InChI=1S/C25H20N2O4/c1-30-21-11-7-8-18(15-21)14-20(16-26)25(29)31-17-24(28)27-23-13-6-5-12-22(23)19-9-3-2-4-10-19/h2-15H,17H2,1H3,(H,27,28)/b20-14+. The third kappa shape index (κ3) is 5.81. The molecule has 0 bridgehead atoms. The third-order valence-corrected chi connectivity index (χ3v) is 4.37. The Morgan fingerprint density at radius 3 is 2.48 bits per heavy atom. The first-order valence-electron chi connectivity index (χ1n) is 9.48. The van der Waals surface area contributed by atoms with E-state index in [0.717, 1.165) is 11.1 Å². The van der Waals surface area contributed by atoms with Crippen LogP contribution in [0.2, 0.25) is 0 Å². The van der Waals surface area contributed by atoms with Crippen molar-refractivity contribution in [3.05, 3.63) is 90.0 Å². The van der Waals surface area contributed by atoms with Crippen LogP contribution < -0.4 is 10.1 Å². The number of nitrogens with one attached hydrogen (secondary N) is 1. The second-order valence-corrected chi connectivity index (χ2v) is 6.48. The number of rotatable bonds is 7. The highest BCUT2D eigenvalue weighted by Crippen LogP contribution is 2.27. The fourth-order valence-electron chi connectivity index (χ4n) is 2.89. The SMILES string of the molecule is COc1cccc(/C=C(\C#N)C(=O)OCC(=O)Nc2ccccc2-c2ccccc2)c1. The molecule has 0 aliphatic heterocycles. The molecule has 0 fully saturated rings. The first kappa shape index (κ1) is 21.3. The summed E-state index contributed by atoms with van der Waals surface area (Å²) in [5.41, 5.74) is 2.78. The van der Waals surface area contributed by atoms with Crippen LogP contribution in [0.25, 0.3) is 17.2 Å². The lowest BCUT2D eigenvalue weighted by molar-refractivity contribution is -0.142. The molecule has 0 radical (unpaired) electrons. The molecule has 6 nitrogen and oxygen atoms in total. The second kappa shape index (κ2) is 10.4. The third-order valence-electron chi connectivity index (χ3n) is 4.37. The van der Waals surface area contributed by atoms with E-state index in [4.69, 9.17) is 9.47 Å². The van der Waals surface area contributed by atoms with E-state index in [0.29, 0.717) is 17.0 Å². The summed E-state index contributed by atoms with van der Waals surface area (Å²) in [5.74, 6) is -0.789. The number of nitrogens with zero attached hydrogens (tertiary/aromatic N) is 1. The molecule has 0 unspecified atom stereocenters. The van der Waals surface area contributed by atoms with E-state index in [1.807, 2.05) is 42.5 Å². The van der Waals surface area contributed by atoms with Crippen molar-refractivity contribution in [2.45, 2.75) is 0 Å². The maximum absolute atomic E-state index is 12.3. The summed E-state index contributed by atoms with van der Waals surface area (Å²) in [7, 11) is 1.52. The maximum atomic E-state index is 12.3. The van der Waals surface area contributed by atoms with Gasteiger partial charge in [0.25, 0.3) is 5.91 Å². The summed E-state index contributed by atoms with van der Waals surface area (Å²) >= 11 is 0. The zero-order valence-corrected chi connectivity index (χ0v) is 16.9. The van der Waals surface area contributed by atoms with Gasteiger partial charge in [0, 0.05) is 11.3 Å². The number of amides is 1. The molecule has 154 valence electrons. The summed E-state index contributed by atoms with van der Waals surface area (Å²) in [6.07, 6.45) is 1.38. The highest BCUT2D eigenvalue weighted by Gasteiger charge is 2.14. The number of esters is 1. The van der Waals surface area contributed by atoms with Gasteiger partial charge < -0.3 is 14.8 Å². The molecular formula is C25H20N2O4. The van der Waals surface area contributed by atoms with Gasteiger partial charge in [-0.15, -0.1) is 0 Å². The molecule has 0 spiro atoms. The molecule has 3 rings (SSSR count). The van der Waals surface area contributed by atoms with Gasteiger partial charge in [-0.2, -0.15) is 5.26 Å². The number of benzene rings is 3. The van der Waals surface area contributed by atoms with E-state index < -0.39 is 18.5 Å². The average molecular weight is 412 g/mol. The molecular weight excluding hydrogens is 392 g/mol. The fraction of sp³-hybridized carbons (Fsp3) is 0.0800. The van der Waals surface area contributed by atoms with Crippen LogP contribution in [0.5, 0.6) is 5.75 Å². The zero-order valence-electron chi connectivity index (χ0n) is 16.9. The van der Waals surface area contributed by atoms with Crippen LogP contribution >= 0.6 is 0 Å². The topological polar surface area (TPSA) is 88.4 Å². The number of carbonyl (C=O) groups excluding carboxylic acids is 2. The van der Waals surface area contributed by atoms with Crippen LogP contribution in [-0.2, 0) is 14.3 Å². The number of methoxy groups -OCH3 is 1. The van der Waals surface area contributed by atoms with Crippen molar-refractivity contribution in [2.24, 2.45) is 0 Å². The number of para-hydroxylation sites is 1. The van der Waals surface area contributed by atoms with Crippen LogP contribution in [0.1, 0.15) is 5.56 Å². The largest absolute Gasteiger partial charge is 0.497 e. The second-order valence-electron chi connectivity index (χ2n) is 6.48. The summed E-state index contributed by atoms with van der Waals surface area (Å²) in [4.78, 5) is 24.6. The summed E-state index contributed by atoms with van der Waals surface area (Å²) in [6.45, 7) is -0.515. The van der Waals surface area contributed by atoms with Gasteiger partial charge in [0.15, 0.2) is 6.61 Å². The molecule has 0 saturated heterocycles.